The SMILES string of the molecule is CC(=O)COC(=O)/C=C/c1ccccc1. The Hall–Kier alpha value is -1.90. The lowest BCUT2D eigenvalue weighted by Gasteiger charge is -1.96. The lowest BCUT2D eigenvalue weighted by atomic mass is 10.2. The Labute approximate surface area is 88.4 Å². The zero-order chi connectivity index (χ0) is 11.1. The van der Waals surface area contributed by atoms with Gasteiger partial charge in [-0.05, 0) is 18.6 Å². The molecule has 0 amide bonds. The second-order valence-corrected chi connectivity index (χ2v) is 3.05. The van der Waals surface area contributed by atoms with Gasteiger partial charge in [0, 0.05) is 6.08 Å². The number of esters is 1. The first kappa shape index (κ1) is 11.2. The van der Waals surface area contributed by atoms with Gasteiger partial charge in [0.2, 0.25) is 0 Å². The van der Waals surface area contributed by atoms with Gasteiger partial charge in [0.1, 0.15) is 6.61 Å². The molecule has 0 bridgehead atoms. The summed E-state index contributed by atoms with van der Waals surface area (Å²) in [5.41, 5.74) is 0.914. The summed E-state index contributed by atoms with van der Waals surface area (Å²) < 4.78 is 4.65. The van der Waals surface area contributed by atoms with Gasteiger partial charge in [-0.25, -0.2) is 4.79 Å². The molecule has 0 saturated carbocycles. The fourth-order valence-corrected chi connectivity index (χ4v) is 0.949. The van der Waals surface area contributed by atoms with E-state index in [0.717, 1.165) is 5.56 Å². The zero-order valence-electron chi connectivity index (χ0n) is 8.47. The molecule has 3 heteroatoms. The minimum atomic E-state index is -0.506. The lowest BCUT2D eigenvalue weighted by Crippen LogP contribution is -2.08. The molecule has 0 atom stereocenters. The summed E-state index contributed by atoms with van der Waals surface area (Å²) in [6, 6.07) is 9.38. The summed E-state index contributed by atoms with van der Waals surface area (Å²) in [4.78, 5) is 21.6. The van der Waals surface area contributed by atoms with Crippen molar-refractivity contribution in [2.45, 2.75) is 6.92 Å². The predicted molar refractivity (Wildman–Crippen MR) is 57.1 cm³/mol. The fourth-order valence-electron chi connectivity index (χ4n) is 0.949. The van der Waals surface area contributed by atoms with Crippen molar-refractivity contribution in [2.24, 2.45) is 0 Å². The van der Waals surface area contributed by atoms with Crippen molar-refractivity contribution in [1.29, 1.82) is 0 Å². The average molecular weight is 204 g/mol. The highest BCUT2D eigenvalue weighted by Crippen LogP contribution is 2.00. The molecular weight excluding hydrogens is 192 g/mol. The van der Waals surface area contributed by atoms with Crippen LogP contribution < -0.4 is 0 Å². The highest BCUT2D eigenvalue weighted by molar-refractivity contribution is 5.89. The van der Waals surface area contributed by atoms with Crippen molar-refractivity contribution in [3.8, 4) is 0 Å². The van der Waals surface area contributed by atoms with Crippen LogP contribution in [0.5, 0.6) is 0 Å². The van der Waals surface area contributed by atoms with Crippen LogP contribution in [0.2, 0.25) is 0 Å². The fraction of sp³-hybridized carbons (Fsp3) is 0.167. The van der Waals surface area contributed by atoms with Gasteiger partial charge in [-0.15, -0.1) is 0 Å². The van der Waals surface area contributed by atoms with E-state index < -0.39 is 5.97 Å². The highest BCUT2D eigenvalue weighted by atomic mass is 16.5. The summed E-state index contributed by atoms with van der Waals surface area (Å²) in [5, 5.41) is 0. The van der Waals surface area contributed by atoms with Crippen LogP contribution in [0.3, 0.4) is 0 Å². The standard InChI is InChI=1S/C12H12O3/c1-10(13)9-15-12(14)8-7-11-5-3-2-4-6-11/h2-8H,9H2,1H3/b8-7+. The molecule has 0 unspecified atom stereocenters. The Morgan fingerprint density at radius 3 is 2.53 bits per heavy atom. The van der Waals surface area contributed by atoms with Crippen molar-refractivity contribution in [1.82, 2.24) is 0 Å². The van der Waals surface area contributed by atoms with Crippen LogP contribution in [0.4, 0.5) is 0 Å². The zero-order valence-corrected chi connectivity index (χ0v) is 8.47. The Bertz CT molecular complexity index is 366. The maximum absolute atomic E-state index is 11.1. The van der Waals surface area contributed by atoms with Crippen molar-refractivity contribution < 1.29 is 14.3 Å². The van der Waals surface area contributed by atoms with Crippen LogP contribution in [0.1, 0.15) is 12.5 Å². The van der Waals surface area contributed by atoms with Gasteiger partial charge < -0.3 is 4.74 Å². The summed E-state index contributed by atoms with van der Waals surface area (Å²) in [7, 11) is 0. The number of ether oxygens (including phenoxy) is 1. The number of ketones is 1. The monoisotopic (exact) mass is 204 g/mol. The van der Waals surface area contributed by atoms with Gasteiger partial charge in [-0.2, -0.15) is 0 Å². The molecule has 1 aromatic carbocycles. The molecule has 0 fully saturated rings. The maximum Gasteiger partial charge on any atom is 0.331 e. The average Bonchev–Trinajstić information content (AvgIpc) is 2.25. The minimum absolute atomic E-state index is 0.169. The quantitative estimate of drug-likeness (QED) is 0.555. The summed E-state index contributed by atoms with van der Waals surface area (Å²) in [6.45, 7) is 1.20. The molecule has 0 aliphatic heterocycles. The third kappa shape index (κ3) is 4.76. The Morgan fingerprint density at radius 2 is 1.93 bits per heavy atom. The van der Waals surface area contributed by atoms with Gasteiger partial charge in [0.05, 0.1) is 0 Å². The molecule has 0 aliphatic rings. The normalized spacial score (nSPS) is 10.2. The second-order valence-electron chi connectivity index (χ2n) is 3.05. The van der Waals surface area contributed by atoms with Gasteiger partial charge in [0.15, 0.2) is 5.78 Å². The number of hydrogen-bond donors (Lipinski definition) is 0. The van der Waals surface area contributed by atoms with Crippen LogP contribution >= 0.6 is 0 Å². The van der Waals surface area contributed by atoms with Gasteiger partial charge in [0.25, 0.3) is 0 Å². The van der Waals surface area contributed by atoms with Crippen LogP contribution in [-0.4, -0.2) is 18.4 Å². The van der Waals surface area contributed by atoms with E-state index in [1.807, 2.05) is 30.3 Å². The molecule has 0 spiro atoms. The maximum atomic E-state index is 11.1. The molecule has 78 valence electrons. The van der Waals surface area contributed by atoms with E-state index in [1.54, 1.807) is 6.08 Å². The molecule has 0 aliphatic carbocycles. The first-order chi connectivity index (χ1) is 7.18. The molecule has 0 heterocycles. The van der Waals surface area contributed by atoms with Gasteiger partial charge in [-0.1, -0.05) is 30.3 Å². The molecule has 0 radical (unpaired) electrons. The van der Waals surface area contributed by atoms with Crippen molar-refractivity contribution in [3.63, 3.8) is 0 Å². The van der Waals surface area contributed by atoms with Crippen LogP contribution in [-0.2, 0) is 14.3 Å². The number of rotatable bonds is 4. The first-order valence-electron chi connectivity index (χ1n) is 4.58. The van der Waals surface area contributed by atoms with Gasteiger partial charge in [-0.3, -0.25) is 4.79 Å². The number of carbonyl (C=O) groups excluding carboxylic acids is 2. The van der Waals surface area contributed by atoms with Crippen LogP contribution in [0.25, 0.3) is 6.08 Å². The number of benzene rings is 1. The lowest BCUT2D eigenvalue weighted by molar-refractivity contribution is -0.142. The van der Waals surface area contributed by atoms with E-state index in [4.69, 9.17) is 0 Å². The largest absolute Gasteiger partial charge is 0.455 e. The number of carbonyl (C=O) groups is 2. The first-order valence-corrected chi connectivity index (χ1v) is 4.58. The Morgan fingerprint density at radius 1 is 1.27 bits per heavy atom. The van der Waals surface area contributed by atoms with Crippen molar-refractivity contribution in [3.05, 3.63) is 42.0 Å². The van der Waals surface area contributed by atoms with Crippen LogP contribution in [0.15, 0.2) is 36.4 Å². The smallest absolute Gasteiger partial charge is 0.331 e. The molecule has 15 heavy (non-hydrogen) atoms. The van der Waals surface area contributed by atoms with E-state index in [1.165, 1.54) is 13.0 Å². The molecule has 0 aromatic heterocycles. The van der Waals surface area contributed by atoms with Crippen LogP contribution in [0, 0.1) is 0 Å². The molecule has 0 N–H and O–H groups in total. The highest BCUT2D eigenvalue weighted by Gasteiger charge is 1.98. The summed E-state index contributed by atoms with van der Waals surface area (Å²) in [5.74, 6) is -0.675. The third-order valence-electron chi connectivity index (χ3n) is 1.63. The minimum Gasteiger partial charge on any atom is -0.455 e. The van der Waals surface area contributed by atoms with E-state index >= 15 is 0 Å². The van der Waals surface area contributed by atoms with E-state index in [9.17, 15) is 9.59 Å². The van der Waals surface area contributed by atoms with Gasteiger partial charge >= 0.3 is 5.97 Å². The topological polar surface area (TPSA) is 43.4 Å². The Kier molecular flexibility index (Phi) is 4.29. The summed E-state index contributed by atoms with van der Waals surface area (Å²) >= 11 is 0. The summed E-state index contributed by atoms with van der Waals surface area (Å²) in [6.07, 6.45) is 2.95. The predicted octanol–water partition coefficient (Wildman–Crippen LogP) is 1.83. The Balaban J connectivity index is 2.44. The molecule has 1 rings (SSSR count). The molecule has 3 nitrogen and oxygen atoms in total. The van der Waals surface area contributed by atoms with Crippen molar-refractivity contribution >= 4 is 17.8 Å². The van der Waals surface area contributed by atoms with E-state index in [-0.39, 0.29) is 12.4 Å². The van der Waals surface area contributed by atoms with E-state index in [0.29, 0.717) is 0 Å². The number of Topliss-reactive ketones (excluding diaryl/α,β-unsaturated/α-hetero) is 1. The third-order valence-corrected chi connectivity index (χ3v) is 1.63. The molecular formula is C12H12O3. The molecule has 0 saturated heterocycles. The number of hydrogen-bond acceptors (Lipinski definition) is 3. The van der Waals surface area contributed by atoms with E-state index in [2.05, 4.69) is 4.74 Å². The van der Waals surface area contributed by atoms with Crippen molar-refractivity contribution in [2.75, 3.05) is 6.61 Å². The molecule has 1 aromatic rings. The second kappa shape index (κ2) is 5.75.